The summed E-state index contributed by atoms with van der Waals surface area (Å²) in [6, 6.07) is 12.6. The molecule has 7 nitrogen and oxygen atoms in total. The number of rotatable bonds is 6. The minimum Gasteiger partial charge on any atom is -0.350 e. The number of anilines is 1. The van der Waals surface area contributed by atoms with Crippen LogP contribution in [0.5, 0.6) is 0 Å². The summed E-state index contributed by atoms with van der Waals surface area (Å²) in [5, 5.41) is 5.54. The lowest BCUT2D eigenvalue weighted by molar-refractivity contribution is 0.0944. The largest absolute Gasteiger partial charge is 0.350 e. The monoisotopic (exact) mass is 415 g/mol. The summed E-state index contributed by atoms with van der Waals surface area (Å²) in [4.78, 5) is 25.1. The third-order valence-corrected chi connectivity index (χ3v) is 6.57. The average molecular weight is 416 g/mol. The van der Waals surface area contributed by atoms with Gasteiger partial charge in [0.15, 0.2) is 0 Å². The lowest BCUT2D eigenvalue weighted by atomic mass is 10.1. The highest BCUT2D eigenvalue weighted by molar-refractivity contribution is 7.89. The molecule has 2 aromatic rings. The number of carbonyl (C=O) groups excluding carboxylic acids is 2. The van der Waals surface area contributed by atoms with Gasteiger partial charge in [-0.1, -0.05) is 12.1 Å². The SMILES string of the molecule is CC(C)NC(=O)c1ccccc1NC(=O)c1ccc(S(=O)(=O)N2CCCC2)cc1. The number of nitrogens with one attached hydrogen (secondary N) is 2. The van der Waals surface area contributed by atoms with Crippen molar-refractivity contribution in [3.8, 4) is 0 Å². The van der Waals surface area contributed by atoms with Crippen molar-refractivity contribution in [3.63, 3.8) is 0 Å². The van der Waals surface area contributed by atoms with Crippen LogP contribution in [0.1, 0.15) is 47.4 Å². The molecule has 0 aromatic heterocycles. The molecule has 2 N–H and O–H groups in total. The van der Waals surface area contributed by atoms with Crippen LogP contribution in [0.15, 0.2) is 53.4 Å². The van der Waals surface area contributed by atoms with Crippen molar-refractivity contribution in [2.75, 3.05) is 18.4 Å². The molecule has 0 atom stereocenters. The first-order valence-electron chi connectivity index (χ1n) is 9.60. The second-order valence-electron chi connectivity index (χ2n) is 7.26. The molecule has 1 fully saturated rings. The zero-order valence-corrected chi connectivity index (χ0v) is 17.3. The minimum atomic E-state index is -3.52. The predicted octanol–water partition coefficient (Wildman–Crippen LogP) is 2.86. The van der Waals surface area contributed by atoms with Gasteiger partial charge in [-0.15, -0.1) is 0 Å². The molecule has 8 heteroatoms. The van der Waals surface area contributed by atoms with Gasteiger partial charge in [-0.3, -0.25) is 9.59 Å². The van der Waals surface area contributed by atoms with Crippen LogP contribution in [0.4, 0.5) is 5.69 Å². The van der Waals surface area contributed by atoms with E-state index in [1.807, 2.05) is 13.8 Å². The van der Waals surface area contributed by atoms with Crippen molar-refractivity contribution >= 4 is 27.5 Å². The first-order valence-corrected chi connectivity index (χ1v) is 11.0. The van der Waals surface area contributed by atoms with E-state index in [-0.39, 0.29) is 16.8 Å². The van der Waals surface area contributed by atoms with Crippen LogP contribution in [0.3, 0.4) is 0 Å². The van der Waals surface area contributed by atoms with E-state index in [0.717, 1.165) is 12.8 Å². The van der Waals surface area contributed by atoms with Crippen molar-refractivity contribution < 1.29 is 18.0 Å². The second kappa shape index (κ2) is 8.75. The number of amides is 2. The van der Waals surface area contributed by atoms with E-state index in [9.17, 15) is 18.0 Å². The van der Waals surface area contributed by atoms with Gasteiger partial charge in [-0.05, 0) is 63.1 Å². The van der Waals surface area contributed by atoms with Crippen LogP contribution < -0.4 is 10.6 Å². The zero-order valence-electron chi connectivity index (χ0n) is 16.5. The molecule has 154 valence electrons. The summed E-state index contributed by atoms with van der Waals surface area (Å²) in [7, 11) is -3.52. The van der Waals surface area contributed by atoms with Crippen molar-refractivity contribution in [2.24, 2.45) is 0 Å². The lowest BCUT2D eigenvalue weighted by Gasteiger charge is -2.16. The molecule has 29 heavy (non-hydrogen) atoms. The van der Waals surface area contributed by atoms with Gasteiger partial charge < -0.3 is 10.6 Å². The smallest absolute Gasteiger partial charge is 0.255 e. The van der Waals surface area contributed by atoms with E-state index in [2.05, 4.69) is 10.6 Å². The molecule has 1 saturated heterocycles. The van der Waals surface area contributed by atoms with Gasteiger partial charge in [0.1, 0.15) is 0 Å². The van der Waals surface area contributed by atoms with Crippen molar-refractivity contribution in [3.05, 3.63) is 59.7 Å². The van der Waals surface area contributed by atoms with Crippen LogP contribution in [-0.2, 0) is 10.0 Å². The van der Waals surface area contributed by atoms with E-state index in [1.165, 1.54) is 28.6 Å². The minimum absolute atomic E-state index is 0.0311. The van der Waals surface area contributed by atoms with E-state index in [0.29, 0.717) is 29.9 Å². The molecular formula is C21H25N3O4S. The average Bonchev–Trinajstić information content (AvgIpc) is 3.23. The van der Waals surface area contributed by atoms with Gasteiger partial charge in [-0.2, -0.15) is 4.31 Å². The molecule has 0 bridgehead atoms. The Kier molecular flexibility index (Phi) is 6.34. The number of carbonyl (C=O) groups is 2. The Hall–Kier alpha value is -2.71. The molecule has 0 radical (unpaired) electrons. The van der Waals surface area contributed by atoms with E-state index < -0.39 is 15.9 Å². The number of hydrogen-bond donors (Lipinski definition) is 2. The standard InChI is InChI=1S/C21H25N3O4S/c1-15(2)22-21(26)18-7-3-4-8-19(18)23-20(25)16-9-11-17(12-10-16)29(27,28)24-13-5-6-14-24/h3-4,7-12,15H,5-6,13-14H2,1-2H3,(H,22,26)(H,23,25). The number of para-hydroxylation sites is 1. The first kappa shape index (κ1) is 21.0. The molecule has 0 aliphatic carbocycles. The van der Waals surface area contributed by atoms with Gasteiger partial charge in [-0.25, -0.2) is 8.42 Å². The summed E-state index contributed by atoms with van der Waals surface area (Å²) in [5.41, 5.74) is 1.07. The van der Waals surface area contributed by atoms with Gasteiger partial charge in [0.05, 0.1) is 16.1 Å². The zero-order chi connectivity index (χ0) is 21.0. The molecule has 0 unspecified atom stereocenters. The quantitative estimate of drug-likeness (QED) is 0.758. The third kappa shape index (κ3) is 4.83. The van der Waals surface area contributed by atoms with Crippen LogP contribution in [-0.4, -0.2) is 43.7 Å². The highest BCUT2D eigenvalue weighted by Crippen LogP contribution is 2.22. The molecule has 1 aliphatic heterocycles. The summed E-state index contributed by atoms with van der Waals surface area (Å²) >= 11 is 0. The molecular weight excluding hydrogens is 390 g/mol. The molecule has 3 rings (SSSR count). The Bertz CT molecular complexity index is 995. The first-order chi connectivity index (χ1) is 13.8. The maximum absolute atomic E-state index is 12.6. The van der Waals surface area contributed by atoms with Crippen molar-refractivity contribution in [1.82, 2.24) is 9.62 Å². The molecule has 1 heterocycles. The Balaban J connectivity index is 1.76. The highest BCUT2D eigenvalue weighted by atomic mass is 32.2. The van der Waals surface area contributed by atoms with Crippen molar-refractivity contribution in [1.29, 1.82) is 0 Å². The Labute approximate surface area is 171 Å². The fourth-order valence-electron chi connectivity index (χ4n) is 3.18. The predicted molar refractivity (Wildman–Crippen MR) is 111 cm³/mol. The topological polar surface area (TPSA) is 95.6 Å². The molecule has 2 aromatic carbocycles. The summed E-state index contributed by atoms with van der Waals surface area (Å²) < 4.78 is 26.7. The maximum Gasteiger partial charge on any atom is 0.255 e. The number of benzene rings is 2. The Morgan fingerprint density at radius 3 is 2.17 bits per heavy atom. The number of nitrogens with zero attached hydrogens (tertiary/aromatic N) is 1. The highest BCUT2D eigenvalue weighted by Gasteiger charge is 2.27. The van der Waals surface area contributed by atoms with Crippen LogP contribution in [0.25, 0.3) is 0 Å². The normalized spacial score (nSPS) is 14.7. The van der Waals surface area contributed by atoms with Crippen molar-refractivity contribution in [2.45, 2.75) is 37.6 Å². The molecule has 0 spiro atoms. The van der Waals surface area contributed by atoms with Crippen LogP contribution in [0, 0.1) is 0 Å². The van der Waals surface area contributed by atoms with E-state index in [1.54, 1.807) is 24.3 Å². The summed E-state index contributed by atoms with van der Waals surface area (Å²) in [6.45, 7) is 4.77. The fraction of sp³-hybridized carbons (Fsp3) is 0.333. The maximum atomic E-state index is 12.6. The Morgan fingerprint density at radius 2 is 1.55 bits per heavy atom. The summed E-state index contributed by atoms with van der Waals surface area (Å²) in [6.07, 6.45) is 1.73. The molecule has 2 amide bonds. The number of sulfonamides is 1. The second-order valence-corrected chi connectivity index (χ2v) is 9.20. The molecule has 0 saturated carbocycles. The van der Waals surface area contributed by atoms with Crippen LogP contribution in [0.2, 0.25) is 0 Å². The fourth-order valence-corrected chi connectivity index (χ4v) is 4.70. The van der Waals surface area contributed by atoms with Gasteiger partial charge in [0, 0.05) is 24.7 Å². The Morgan fingerprint density at radius 1 is 0.931 bits per heavy atom. The van der Waals surface area contributed by atoms with Gasteiger partial charge >= 0.3 is 0 Å². The van der Waals surface area contributed by atoms with Crippen LogP contribution >= 0.6 is 0 Å². The molecule has 1 aliphatic rings. The van der Waals surface area contributed by atoms with Gasteiger partial charge in [0.25, 0.3) is 11.8 Å². The third-order valence-electron chi connectivity index (χ3n) is 4.66. The van der Waals surface area contributed by atoms with E-state index >= 15 is 0 Å². The van der Waals surface area contributed by atoms with E-state index in [4.69, 9.17) is 0 Å². The number of hydrogen-bond acceptors (Lipinski definition) is 4. The van der Waals surface area contributed by atoms with Gasteiger partial charge in [0.2, 0.25) is 10.0 Å². The lowest BCUT2D eigenvalue weighted by Crippen LogP contribution is -2.31. The summed E-state index contributed by atoms with van der Waals surface area (Å²) in [5.74, 6) is -0.692.